The van der Waals surface area contributed by atoms with E-state index >= 15 is 0 Å². The summed E-state index contributed by atoms with van der Waals surface area (Å²) in [5.41, 5.74) is 0.646. The molecule has 3 rings (SSSR count). The molecule has 2 aromatic carbocycles. The number of nitrogens with zero attached hydrogens (tertiary/aromatic N) is 2. The second kappa shape index (κ2) is 6.75. The number of carbonyl (C=O) groups is 1. The van der Waals surface area contributed by atoms with Crippen molar-refractivity contribution in [3.8, 4) is 0 Å². The van der Waals surface area contributed by atoms with Crippen LogP contribution >= 0.6 is 0 Å². The van der Waals surface area contributed by atoms with E-state index in [1.165, 1.54) is 18.2 Å². The van der Waals surface area contributed by atoms with E-state index in [0.29, 0.717) is 16.5 Å². The Morgan fingerprint density at radius 1 is 1.27 bits per heavy atom. The van der Waals surface area contributed by atoms with Gasteiger partial charge >= 0.3 is 5.97 Å². The van der Waals surface area contributed by atoms with Crippen molar-refractivity contribution in [2.45, 2.75) is 20.0 Å². The highest BCUT2D eigenvalue weighted by Gasteiger charge is 2.19. The van der Waals surface area contributed by atoms with Crippen molar-refractivity contribution in [3.63, 3.8) is 0 Å². The summed E-state index contributed by atoms with van der Waals surface area (Å²) in [6, 6.07) is 10.8. The molecule has 0 aliphatic carbocycles. The number of hydrogen-bond donors (Lipinski definition) is 1. The van der Waals surface area contributed by atoms with Crippen LogP contribution in [0.2, 0.25) is 0 Å². The number of aromatic nitrogens is 2. The zero-order chi connectivity index (χ0) is 18.8. The van der Waals surface area contributed by atoms with Gasteiger partial charge in [0.15, 0.2) is 11.9 Å². The molecule has 0 saturated heterocycles. The number of nitro groups is 1. The molecule has 0 saturated carbocycles. The third kappa shape index (κ3) is 3.30. The van der Waals surface area contributed by atoms with Crippen LogP contribution < -0.4 is 5.56 Å². The van der Waals surface area contributed by atoms with Crippen molar-refractivity contribution >= 4 is 22.6 Å². The molecule has 8 heteroatoms. The van der Waals surface area contributed by atoms with Crippen LogP contribution in [0.3, 0.4) is 0 Å². The minimum Gasteiger partial charge on any atom is -0.451 e. The van der Waals surface area contributed by atoms with Crippen LogP contribution in [-0.4, -0.2) is 20.9 Å². The normalized spacial score (nSPS) is 11.9. The first-order valence-electron chi connectivity index (χ1n) is 7.82. The summed E-state index contributed by atoms with van der Waals surface area (Å²) in [5.74, 6) is -0.438. The van der Waals surface area contributed by atoms with Gasteiger partial charge in [-0.05, 0) is 38.1 Å². The summed E-state index contributed by atoms with van der Waals surface area (Å²) in [5, 5.41) is 11.3. The Hall–Kier alpha value is -3.55. The van der Waals surface area contributed by atoms with Crippen LogP contribution in [0.5, 0.6) is 0 Å². The zero-order valence-corrected chi connectivity index (χ0v) is 14.1. The fraction of sp³-hybridized carbons (Fsp3) is 0.167. The predicted octanol–water partition coefficient (Wildman–Crippen LogP) is 3.06. The smallest absolute Gasteiger partial charge is 0.338 e. The van der Waals surface area contributed by atoms with Crippen LogP contribution in [0.15, 0.2) is 47.3 Å². The molecule has 1 aromatic heterocycles. The van der Waals surface area contributed by atoms with Crippen molar-refractivity contribution in [2.75, 3.05) is 0 Å². The molecule has 3 aromatic rings. The van der Waals surface area contributed by atoms with E-state index in [1.54, 1.807) is 38.1 Å². The first kappa shape index (κ1) is 17.3. The van der Waals surface area contributed by atoms with E-state index in [1.807, 2.05) is 0 Å². The number of aryl methyl sites for hydroxylation is 1. The SMILES string of the molecule is Cc1cc(C(=O)O[C@@H](C)c2nc3ccccc3c(=O)[nH]2)ccc1[N+](=O)[O-]. The number of nitro benzene ring substituents is 1. The van der Waals surface area contributed by atoms with Crippen molar-refractivity contribution in [2.24, 2.45) is 0 Å². The van der Waals surface area contributed by atoms with Gasteiger partial charge in [-0.3, -0.25) is 14.9 Å². The van der Waals surface area contributed by atoms with E-state index in [4.69, 9.17) is 4.74 Å². The minimum absolute atomic E-state index is 0.0740. The van der Waals surface area contributed by atoms with Gasteiger partial charge in [-0.1, -0.05) is 12.1 Å². The van der Waals surface area contributed by atoms with Crippen molar-refractivity contribution in [1.82, 2.24) is 9.97 Å². The first-order chi connectivity index (χ1) is 12.4. The van der Waals surface area contributed by atoms with E-state index in [0.717, 1.165) is 0 Å². The van der Waals surface area contributed by atoms with Gasteiger partial charge < -0.3 is 9.72 Å². The number of H-pyrrole nitrogens is 1. The minimum atomic E-state index is -0.796. The van der Waals surface area contributed by atoms with E-state index in [2.05, 4.69) is 9.97 Å². The molecule has 1 atom stereocenters. The lowest BCUT2D eigenvalue weighted by molar-refractivity contribution is -0.385. The molecule has 0 spiro atoms. The summed E-state index contributed by atoms with van der Waals surface area (Å²) < 4.78 is 5.34. The van der Waals surface area contributed by atoms with E-state index in [-0.39, 0.29) is 22.6 Å². The third-order valence-corrected chi connectivity index (χ3v) is 3.93. The van der Waals surface area contributed by atoms with Crippen molar-refractivity contribution < 1.29 is 14.5 Å². The van der Waals surface area contributed by atoms with E-state index < -0.39 is 17.0 Å². The lowest BCUT2D eigenvalue weighted by Gasteiger charge is -2.13. The number of fused-ring (bicyclic) bond motifs is 1. The highest BCUT2D eigenvalue weighted by atomic mass is 16.6. The van der Waals surface area contributed by atoms with Crippen LogP contribution in [0.4, 0.5) is 5.69 Å². The fourth-order valence-corrected chi connectivity index (χ4v) is 2.57. The summed E-state index contributed by atoms with van der Waals surface area (Å²) in [6.07, 6.45) is -0.796. The lowest BCUT2D eigenvalue weighted by Crippen LogP contribution is -2.17. The Kier molecular flexibility index (Phi) is 4.49. The van der Waals surface area contributed by atoms with E-state index in [9.17, 15) is 19.7 Å². The number of aromatic amines is 1. The Labute approximate surface area is 147 Å². The molecular weight excluding hydrogens is 338 g/mol. The van der Waals surface area contributed by atoms with Gasteiger partial charge in [0.1, 0.15) is 0 Å². The molecule has 0 amide bonds. The first-order valence-corrected chi connectivity index (χ1v) is 7.82. The standard InChI is InChI=1S/C18H15N3O5/c1-10-9-12(7-8-15(10)21(24)25)18(23)26-11(2)16-19-14-6-4-3-5-13(14)17(22)20-16/h3-9,11H,1-2H3,(H,19,20,22)/t11-/m0/s1. The molecule has 132 valence electrons. The maximum atomic E-state index is 12.3. The Morgan fingerprint density at radius 3 is 2.69 bits per heavy atom. The van der Waals surface area contributed by atoms with Gasteiger partial charge in [0.05, 0.1) is 21.4 Å². The second-order valence-electron chi connectivity index (χ2n) is 5.77. The number of carbonyl (C=O) groups excluding carboxylic acids is 1. The quantitative estimate of drug-likeness (QED) is 0.438. The molecule has 1 N–H and O–H groups in total. The predicted molar refractivity (Wildman–Crippen MR) is 94.0 cm³/mol. The Balaban J connectivity index is 1.85. The number of hydrogen-bond acceptors (Lipinski definition) is 6. The third-order valence-electron chi connectivity index (χ3n) is 3.93. The maximum Gasteiger partial charge on any atom is 0.338 e. The number of rotatable bonds is 4. The number of para-hydroxylation sites is 1. The van der Waals surface area contributed by atoms with Crippen molar-refractivity contribution in [1.29, 1.82) is 0 Å². The number of nitrogens with one attached hydrogen (secondary N) is 1. The largest absolute Gasteiger partial charge is 0.451 e. The average molecular weight is 353 g/mol. The Bertz CT molecular complexity index is 1070. The molecule has 26 heavy (non-hydrogen) atoms. The van der Waals surface area contributed by atoms with Crippen LogP contribution in [0.25, 0.3) is 10.9 Å². The van der Waals surface area contributed by atoms with Gasteiger partial charge in [0.2, 0.25) is 0 Å². The average Bonchev–Trinajstić information content (AvgIpc) is 2.61. The number of ether oxygens (including phenoxy) is 1. The molecule has 8 nitrogen and oxygen atoms in total. The molecule has 0 radical (unpaired) electrons. The molecule has 1 heterocycles. The molecular formula is C18H15N3O5. The molecule has 0 unspecified atom stereocenters. The van der Waals surface area contributed by atoms with Gasteiger partial charge in [-0.25, -0.2) is 9.78 Å². The monoisotopic (exact) mass is 353 g/mol. The van der Waals surface area contributed by atoms with Crippen LogP contribution in [0, 0.1) is 17.0 Å². The number of benzene rings is 2. The van der Waals surface area contributed by atoms with Gasteiger partial charge in [0.25, 0.3) is 11.2 Å². The molecule has 0 fully saturated rings. The Morgan fingerprint density at radius 2 is 2.00 bits per heavy atom. The summed E-state index contributed by atoms with van der Waals surface area (Å²) in [7, 11) is 0. The van der Waals surface area contributed by atoms with Gasteiger partial charge in [-0.15, -0.1) is 0 Å². The summed E-state index contributed by atoms with van der Waals surface area (Å²) in [6.45, 7) is 3.13. The second-order valence-corrected chi connectivity index (χ2v) is 5.77. The molecule has 0 aliphatic rings. The molecule has 0 bridgehead atoms. The number of esters is 1. The summed E-state index contributed by atoms with van der Waals surface area (Å²) >= 11 is 0. The highest BCUT2D eigenvalue weighted by Crippen LogP contribution is 2.21. The fourth-order valence-electron chi connectivity index (χ4n) is 2.57. The maximum absolute atomic E-state index is 12.3. The van der Waals surface area contributed by atoms with Crippen LogP contribution in [0.1, 0.15) is 34.8 Å². The highest BCUT2D eigenvalue weighted by molar-refractivity contribution is 5.90. The topological polar surface area (TPSA) is 115 Å². The lowest BCUT2D eigenvalue weighted by atomic mass is 10.1. The summed E-state index contributed by atoms with van der Waals surface area (Å²) in [4.78, 5) is 41.7. The van der Waals surface area contributed by atoms with Crippen LogP contribution in [-0.2, 0) is 4.74 Å². The van der Waals surface area contributed by atoms with Gasteiger partial charge in [-0.2, -0.15) is 0 Å². The van der Waals surface area contributed by atoms with Crippen molar-refractivity contribution in [3.05, 3.63) is 79.9 Å². The van der Waals surface area contributed by atoms with Gasteiger partial charge in [0, 0.05) is 11.6 Å². The zero-order valence-electron chi connectivity index (χ0n) is 14.1. The molecule has 0 aliphatic heterocycles.